The summed E-state index contributed by atoms with van der Waals surface area (Å²) in [5.74, 6) is -1.62. The summed E-state index contributed by atoms with van der Waals surface area (Å²) >= 11 is 0. The van der Waals surface area contributed by atoms with Gasteiger partial charge in [0.1, 0.15) is 0 Å². The van der Waals surface area contributed by atoms with Crippen LogP contribution in [0.1, 0.15) is 73.9 Å². The average Bonchev–Trinajstić information content (AvgIpc) is 2.66. The van der Waals surface area contributed by atoms with Crippen molar-refractivity contribution in [2.24, 2.45) is 0 Å². The zero-order valence-corrected chi connectivity index (χ0v) is 15.4. The van der Waals surface area contributed by atoms with Crippen molar-refractivity contribution < 1.29 is 14.7 Å². The van der Waals surface area contributed by atoms with Gasteiger partial charge in [-0.05, 0) is 18.6 Å². The molecule has 2 rings (SSSR count). The number of unbranched alkanes of at least 4 members (excludes halogenated alkanes) is 3. The van der Waals surface area contributed by atoms with Crippen molar-refractivity contribution in [3.8, 4) is 0 Å². The highest BCUT2D eigenvalue weighted by Gasteiger charge is 2.16. The van der Waals surface area contributed by atoms with E-state index in [0.717, 1.165) is 0 Å². The van der Waals surface area contributed by atoms with E-state index >= 15 is 0 Å². The Labute approximate surface area is 150 Å². The van der Waals surface area contributed by atoms with Crippen molar-refractivity contribution in [2.45, 2.75) is 52.4 Å². The van der Waals surface area contributed by atoms with Crippen molar-refractivity contribution in [1.82, 2.24) is 0 Å². The highest BCUT2D eigenvalue weighted by atomic mass is 16.4. The van der Waals surface area contributed by atoms with E-state index in [1.165, 1.54) is 25.7 Å². The van der Waals surface area contributed by atoms with Crippen LogP contribution in [0.15, 0.2) is 54.6 Å². The van der Waals surface area contributed by atoms with Gasteiger partial charge in [-0.15, -0.1) is 0 Å². The van der Waals surface area contributed by atoms with E-state index in [-0.39, 0.29) is 5.78 Å². The Morgan fingerprint density at radius 2 is 1.44 bits per heavy atom. The van der Waals surface area contributed by atoms with Gasteiger partial charge >= 0.3 is 5.97 Å². The first-order valence-electron chi connectivity index (χ1n) is 8.93. The third-order valence-electron chi connectivity index (χ3n) is 4.01. The lowest BCUT2D eigenvalue weighted by molar-refractivity contribution is -0.138. The quantitative estimate of drug-likeness (QED) is 0.520. The summed E-state index contributed by atoms with van der Waals surface area (Å²) in [4.78, 5) is 23.2. The molecule has 0 radical (unpaired) electrons. The van der Waals surface area contributed by atoms with Gasteiger partial charge in [0.05, 0.1) is 5.92 Å². The number of carbonyl (C=O) groups excluding carboxylic acids is 1. The van der Waals surface area contributed by atoms with E-state index in [1.54, 1.807) is 55.5 Å². The third kappa shape index (κ3) is 6.92. The molecule has 2 aromatic rings. The van der Waals surface area contributed by atoms with Gasteiger partial charge in [0, 0.05) is 11.1 Å². The normalized spacial score (nSPS) is 11.2. The first-order chi connectivity index (χ1) is 12.0. The molecule has 0 bridgehead atoms. The predicted octanol–water partition coefficient (Wildman–Crippen LogP) is 5.69. The van der Waals surface area contributed by atoms with Gasteiger partial charge in [0.2, 0.25) is 0 Å². The number of hydrogen-bond acceptors (Lipinski definition) is 2. The molecule has 0 aromatic heterocycles. The molecule has 25 heavy (non-hydrogen) atoms. The lowest BCUT2D eigenvalue weighted by atomic mass is 9.96. The minimum Gasteiger partial charge on any atom is -0.481 e. The Morgan fingerprint density at radius 3 is 1.96 bits per heavy atom. The molecule has 3 nitrogen and oxygen atoms in total. The molecule has 0 spiro atoms. The molecule has 0 saturated heterocycles. The van der Waals surface area contributed by atoms with Crippen LogP contribution in [0.4, 0.5) is 0 Å². The number of aliphatic carboxylic acids is 1. The average molecular weight is 340 g/mol. The minimum absolute atomic E-state index is 0.0972. The fourth-order valence-corrected chi connectivity index (χ4v) is 2.35. The Hall–Kier alpha value is -2.42. The lowest BCUT2D eigenvalue weighted by Gasteiger charge is -2.08. The number of carboxylic acids is 1. The topological polar surface area (TPSA) is 54.4 Å². The molecule has 2 aromatic carbocycles. The van der Waals surface area contributed by atoms with Crippen molar-refractivity contribution in [2.75, 3.05) is 0 Å². The second-order valence-electron chi connectivity index (χ2n) is 6.09. The van der Waals surface area contributed by atoms with Crippen LogP contribution in [0.3, 0.4) is 0 Å². The summed E-state index contributed by atoms with van der Waals surface area (Å²) in [6, 6.07) is 15.7. The van der Waals surface area contributed by atoms with Crippen LogP contribution in [0.2, 0.25) is 0 Å². The van der Waals surface area contributed by atoms with Crippen LogP contribution in [-0.4, -0.2) is 16.9 Å². The highest BCUT2D eigenvalue weighted by molar-refractivity contribution is 6.09. The van der Waals surface area contributed by atoms with E-state index in [9.17, 15) is 9.59 Å². The molecule has 0 saturated carbocycles. The Kier molecular flexibility index (Phi) is 9.23. The number of ketones is 1. The number of carbonyl (C=O) groups is 2. The fourth-order valence-electron chi connectivity index (χ4n) is 2.35. The smallest absolute Gasteiger partial charge is 0.310 e. The SMILES string of the molecule is CC(C(=O)O)c1cccc(C(=O)c2ccccc2)c1.CCCCCC. The molecule has 0 amide bonds. The second kappa shape index (κ2) is 11.2. The van der Waals surface area contributed by atoms with E-state index in [4.69, 9.17) is 5.11 Å². The lowest BCUT2D eigenvalue weighted by Crippen LogP contribution is -2.09. The highest BCUT2D eigenvalue weighted by Crippen LogP contribution is 2.18. The fraction of sp³-hybridized carbons (Fsp3) is 0.364. The molecule has 0 aliphatic carbocycles. The number of carboxylic acid groups (broad SMARTS) is 1. The van der Waals surface area contributed by atoms with Gasteiger partial charge in [-0.2, -0.15) is 0 Å². The monoisotopic (exact) mass is 340 g/mol. The molecular weight excluding hydrogens is 312 g/mol. The first kappa shape index (κ1) is 20.6. The van der Waals surface area contributed by atoms with Crippen molar-refractivity contribution in [3.05, 3.63) is 71.3 Å². The van der Waals surface area contributed by atoms with Crippen LogP contribution in [0.5, 0.6) is 0 Å². The van der Waals surface area contributed by atoms with Gasteiger partial charge in [0.15, 0.2) is 5.78 Å². The van der Waals surface area contributed by atoms with Crippen molar-refractivity contribution >= 4 is 11.8 Å². The Morgan fingerprint density at radius 1 is 0.880 bits per heavy atom. The van der Waals surface area contributed by atoms with E-state index in [2.05, 4.69) is 13.8 Å². The summed E-state index contributed by atoms with van der Waals surface area (Å²) in [5.41, 5.74) is 1.74. The summed E-state index contributed by atoms with van der Waals surface area (Å²) in [6.45, 7) is 6.07. The Balaban J connectivity index is 0.000000450. The summed E-state index contributed by atoms with van der Waals surface area (Å²) in [7, 11) is 0. The zero-order valence-electron chi connectivity index (χ0n) is 15.4. The number of benzene rings is 2. The summed E-state index contributed by atoms with van der Waals surface area (Å²) < 4.78 is 0. The molecule has 1 atom stereocenters. The molecule has 1 N–H and O–H groups in total. The molecule has 0 aliphatic heterocycles. The summed E-state index contributed by atoms with van der Waals surface area (Å²) in [6.07, 6.45) is 5.54. The first-order valence-corrected chi connectivity index (χ1v) is 8.93. The Bertz CT molecular complexity index is 658. The van der Waals surface area contributed by atoms with Crippen LogP contribution >= 0.6 is 0 Å². The second-order valence-corrected chi connectivity index (χ2v) is 6.09. The zero-order chi connectivity index (χ0) is 18.7. The number of hydrogen-bond donors (Lipinski definition) is 1. The van der Waals surface area contributed by atoms with Crippen LogP contribution in [0, 0.1) is 0 Å². The summed E-state index contributed by atoms with van der Waals surface area (Å²) in [5, 5.41) is 9.00. The van der Waals surface area contributed by atoms with Gasteiger partial charge in [-0.3, -0.25) is 9.59 Å². The molecule has 0 heterocycles. The maximum atomic E-state index is 12.2. The molecule has 1 unspecified atom stereocenters. The van der Waals surface area contributed by atoms with Crippen LogP contribution < -0.4 is 0 Å². The third-order valence-corrected chi connectivity index (χ3v) is 4.01. The molecule has 3 heteroatoms. The number of rotatable bonds is 7. The van der Waals surface area contributed by atoms with Crippen molar-refractivity contribution in [3.63, 3.8) is 0 Å². The minimum atomic E-state index is -0.899. The van der Waals surface area contributed by atoms with E-state index in [1.807, 2.05) is 6.07 Å². The van der Waals surface area contributed by atoms with Gasteiger partial charge < -0.3 is 5.11 Å². The predicted molar refractivity (Wildman–Crippen MR) is 102 cm³/mol. The van der Waals surface area contributed by atoms with E-state index < -0.39 is 11.9 Å². The van der Waals surface area contributed by atoms with Gasteiger partial charge in [-0.1, -0.05) is 88.1 Å². The molecule has 134 valence electrons. The standard InChI is InChI=1S/C16H14O3.C6H14/c1-11(16(18)19)13-8-5-9-14(10-13)15(17)12-6-3-2-4-7-12;1-3-5-6-4-2/h2-11H,1H3,(H,18,19);3-6H2,1-2H3. The van der Waals surface area contributed by atoms with Gasteiger partial charge in [-0.25, -0.2) is 0 Å². The maximum Gasteiger partial charge on any atom is 0.310 e. The molecule has 0 aliphatic rings. The largest absolute Gasteiger partial charge is 0.481 e. The van der Waals surface area contributed by atoms with Gasteiger partial charge in [0.25, 0.3) is 0 Å². The molecule has 0 fully saturated rings. The molecular formula is C22H28O3. The van der Waals surface area contributed by atoms with Crippen LogP contribution in [-0.2, 0) is 4.79 Å². The van der Waals surface area contributed by atoms with Crippen molar-refractivity contribution in [1.29, 1.82) is 0 Å². The maximum absolute atomic E-state index is 12.2. The van der Waals surface area contributed by atoms with E-state index in [0.29, 0.717) is 16.7 Å². The van der Waals surface area contributed by atoms with Crippen LogP contribution in [0.25, 0.3) is 0 Å².